The Bertz CT molecular complexity index is 771. The highest BCUT2D eigenvalue weighted by Gasteiger charge is 2.40. The van der Waals surface area contributed by atoms with E-state index in [4.69, 9.17) is 5.73 Å². The Balaban J connectivity index is 0.00000208. The maximum Gasteiger partial charge on any atom is 0.246 e. The van der Waals surface area contributed by atoms with Crippen LogP contribution in [-0.4, -0.2) is 38.3 Å². The van der Waals surface area contributed by atoms with Crippen LogP contribution in [-0.2, 0) is 21.2 Å². The number of anilines is 1. The lowest BCUT2D eigenvalue weighted by molar-refractivity contribution is -0.116. The molecule has 134 valence electrons. The Hall–Kier alpha value is -1.22. The van der Waals surface area contributed by atoms with E-state index in [0.29, 0.717) is 43.7 Å². The van der Waals surface area contributed by atoms with Gasteiger partial charge >= 0.3 is 0 Å². The third-order valence-corrected chi connectivity index (χ3v) is 6.55. The minimum atomic E-state index is -3.91. The summed E-state index contributed by atoms with van der Waals surface area (Å²) in [7, 11) is -3.91. The molecule has 9 heteroatoms. The summed E-state index contributed by atoms with van der Waals surface area (Å²) in [6.07, 6.45) is 1.34. The van der Waals surface area contributed by atoms with Crippen molar-refractivity contribution in [1.29, 1.82) is 0 Å². The Morgan fingerprint density at radius 3 is 2.71 bits per heavy atom. The fraction of sp³-hybridized carbons (Fsp3) is 0.533. The van der Waals surface area contributed by atoms with Crippen LogP contribution in [0.1, 0.15) is 25.3 Å². The highest BCUT2D eigenvalue weighted by atomic mass is 35.5. The average Bonchev–Trinajstić information content (AvgIpc) is 2.90. The summed E-state index contributed by atoms with van der Waals surface area (Å²) in [6, 6.07) is 2.44. The molecule has 1 unspecified atom stereocenters. The molecule has 0 saturated carbocycles. The van der Waals surface area contributed by atoms with Gasteiger partial charge in [0, 0.05) is 25.2 Å². The second-order valence-corrected chi connectivity index (χ2v) is 8.50. The molecule has 1 aromatic rings. The molecule has 0 spiro atoms. The predicted molar refractivity (Wildman–Crippen MR) is 91.1 cm³/mol. The number of nitrogens with one attached hydrogen (secondary N) is 1. The first kappa shape index (κ1) is 19.1. The molecule has 2 heterocycles. The number of benzene rings is 1. The van der Waals surface area contributed by atoms with Crippen molar-refractivity contribution in [3.63, 3.8) is 0 Å². The lowest BCUT2D eigenvalue weighted by Crippen LogP contribution is -2.35. The van der Waals surface area contributed by atoms with Crippen molar-refractivity contribution in [2.75, 3.05) is 25.0 Å². The van der Waals surface area contributed by atoms with Gasteiger partial charge in [-0.05, 0) is 42.5 Å². The van der Waals surface area contributed by atoms with Crippen LogP contribution >= 0.6 is 12.4 Å². The van der Waals surface area contributed by atoms with Crippen LogP contribution in [0.2, 0.25) is 0 Å². The second-order valence-electron chi connectivity index (χ2n) is 6.59. The van der Waals surface area contributed by atoms with E-state index >= 15 is 0 Å². The van der Waals surface area contributed by atoms with E-state index in [2.05, 4.69) is 5.32 Å². The van der Waals surface area contributed by atoms with Gasteiger partial charge in [0.05, 0.1) is 0 Å². The number of halogens is 2. The number of nitrogens with zero attached hydrogens (tertiary/aromatic N) is 1. The molecule has 2 aliphatic heterocycles. The molecule has 3 N–H and O–H groups in total. The number of hydrogen-bond acceptors (Lipinski definition) is 4. The molecule has 1 fully saturated rings. The monoisotopic (exact) mass is 377 g/mol. The van der Waals surface area contributed by atoms with Gasteiger partial charge in [-0.3, -0.25) is 4.79 Å². The summed E-state index contributed by atoms with van der Waals surface area (Å²) >= 11 is 0. The highest BCUT2D eigenvalue weighted by molar-refractivity contribution is 7.89. The van der Waals surface area contributed by atoms with Crippen LogP contribution in [0.5, 0.6) is 0 Å². The van der Waals surface area contributed by atoms with Crippen LogP contribution in [0.3, 0.4) is 0 Å². The molecule has 1 atom stereocenters. The lowest BCUT2D eigenvalue weighted by atomic mass is 9.90. The largest absolute Gasteiger partial charge is 0.330 e. The molecule has 0 aliphatic carbocycles. The van der Waals surface area contributed by atoms with E-state index in [1.807, 2.05) is 6.92 Å². The number of carbonyl (C=O) groups is 1. The van der Waals surface area contributed by atoms with Gasteiger partial charge in [0.2, 0.25) is 15.9 Å². The fourth-order valence-corrected chi connectivity index (χ4v) is 4.75. The van der Waals surface area contributed by atoms with Crippen LogP contribution in [0.4, 0.5) is 10.1 Å². The number of carbonyl (C=O) groups excluding carboxylic acids is 1. The van der Waals surface area contributed by atoms with E-state index in [9.17, 15) is 17.6 Å². The van der Waals surface area contributed by atoms with Crippen LogP contribution < -0.4 is 11.1 Å². The summed E-state index contributed by atoms with van der Waals surface area (Å²) in [4.78, 5) is 11.0. The first-order valence-electron chi connectivity index (χ1n) is 7.58. The van der Waals surface area contributed by atoms with Gasteiger partial charge in [0.15, 0.2) is 0 Å². The maximum absolute atomic E-state index is 14.3. The van der Waals surface area contributed by atoms with Gasteiger partial charge in [0.25, 0.3) is 0 Å². The summed E-state index contributed by atoms with van der Waals surface area (Å²) < 4.78 is 41.2. The van der Waals surface area contributed by atoms with Crippen LogP contribution in [0, 0.1) is 11.2 Å². The summed E-state index contributed by atoms with van der Waals surface area (Å²) in [6.45, 7) is 2.95. The Kier molecular flexibility index (Phi) is 5.25. The van der Waals surface area contributed by atoms with Crippen molar-refractivity contribution in [3.8, 4) is 0 Å². The molecular formula is C15H21ClFN3O3S. The molecule has 2 aliphatic rings. The smallest absolute Gasteiger partial charge is 0.246 e. The van der Waals surface area contributed by atoms with E-state index < -0.39 is 15.8 Å². The Morgan fingerprint density at radius 1 is 1.38 bits per heavy atom. The van der Waals surface area contributed by atoms with E-state index in [0.717, 1.165) is 6.07 Å². The van der Waals surface area contributed by atoms with Gasteiger partial charge < -0.3 is 11.1 Å². The molecule has 0 aromatic heterocycles. The molecule has 0 bridgehead atoms. The molecule has 1 saturated heterocycles. The van der Waals surface area contributed by atoms with Gasteiger partial charge in [-0.2, -0.15) is 4.31 Å². The topological polar surface area (TPSA) is 92.5 Å². The van der Waals surface area contributed by atoms with Gasteiger partial charge in [-0.15, -0.1) is 12.4 Å². The molecular weight excluding hydrogens is 357 g/mol. The zero-order valence-corrected chi connectivity index (χ0v) is 15.0. The maximum atomic E-state index is 14.3. The van der Waals surface area contributed by atoms with Crippen molar-refractivity contribution in [2.24, 2.45) is 11.1 Å². The van der Waals surface area contributed by atoms with Crippen molar-refractivity contribution < 1.29 is 17.6 Å². The van der Waals surface area contributed by atoms with Crippen LogP contribution in [0.25, 0.3) is 0 Å². The molecule has 3 rings (SSSR count). The van der Waals surface area contributed by atoms with Crippen molar-refractivity contribution in [3.05, 3.63) is 23.5 Å². The molecule has 1 aromatic carbocycles. The summed E-state index contributed by atoms with van der Waals surface area (Å²) in [5, 5.41) is 2.57. The standard InChI is InChI=1S/C15H20FN3O3S.ClH/c1-15(8-17)4-5-19(9-15)23(21,22)13-6-10-2-3-14(20)18-12(10)7-11(13)16;/h6-7H,2-5,8-9,17H2,1H3,(H,18,20);1H. The number of nitrogens with two attached hydrogens (primary N) is 1. The molecule has 1 amide bonds. The first-order chi connectivity index (χ1) is 10.7. The van der Waals surface area contributed by atoms with Gasteiger partial charge in [-0.25, -0.2) is 12.8 Å². The molecule has 0 radical (unpaired) electrons. The third-order valence-electron chi connectivity index (χ3n) is 4.69. The Morgan fingerprint density at radius 2 is 2.08 bits per heavy atom. The summed E-state index contributed by atoms with van der Waals surface area (Å²) in [5.41, 5.74) is 6.43. The van der Waals surface area contributed by atoms with Crippen LogP contribution in [0.15, 0.2) is 17.0 Å². The average molecular weight is 378 g/mol. The van der Waals surface area contributed by atoms with E-state index in [1.54, 1.807) is 0 Å². The second kappa shape index (κ2) is 6.59. The molecule has 6 nitrogen and oxygen atoms in total. The lowest BCUT2D eigenvalue weighted by Gasteiger charge is -2.23. The highest BCUT2D eigenvalue weighted by Crippen LogP contribution is 2.35. The number of fused-ring (bicyclic) bond motifs is 1. The normalized spacial score (nSPS) is 24.2. The summed E-state index contributed by atoms with van der Waals surface area (Å²) in [5.74, 6) is -1.03. The minimum absolute atomic E-state index is 0. The van der Waals surface area contributed by atoms with Crippen molar-refractivity contribution >= 4 is 34.0 Å². The zero-order chi connectivity index (χ0) is 16.8. The Labute approximate surface area is 147 Å². The van der Waals surface area contributed by atoms with Gasteiger partial charge in [0.1, 0.15) is 10.7 Å². The van der Waals surface area contributed by atoms with E-state index in [1.165, 1.54) is 10.4 Å². The number of amides is 1. The van der Waals surface area contributed by atoms with Crippen molar-refractivity contribution in [2.45, 2.75) is 31.1 Å². The quantitative estimate of drug-likeness (QED) is 0.834. The third kappa shape index (κ3) is 3.28. The van der Waals surface area contributed by atoms with Crippen molar-refractivity contribution in [1.82, 2.24) is 4.31 Å². The van der Waals surface area contributed by atoms with E-state index in [-0.39, 0.29) is 35.0 Å². The zero-order valence-electron chi connectivity index (χ0n) is 13.3. The SMILES string of the molecule is CC1(CN)CCN(S(=O)(=O)c2cc3c(cc2F)NC(=O)CC3)C1.Cl. The predicted octanol–water partition coefficient (Wildman–Crippen LogP) is 1.49. The fourth-order valence-electron chi connectivity index (χ4n) is 3.07. The number of rotatable bonds is 3. The molecule has 24 heavy (non-hydrogen) atoms. The number of sulfonamides is 1. The number of aryl methyl sites for hydroxylation is 1. The number of hydrogen-bond donors (Lipinski definition) is 2. The first-order valence-corrected chi connectivity index (χ1v) is 9.02. The minimum Gasteiger partial charge on any atom is -0.330 e. The van der Waals surface area contributed by atoms with Gasteiger partial charge in [-0.1, -0.05) is 6.92 Å².